The zero-order chi connectivity index (χ0) is 24.3. The van der Waals surface area contributed by atoms with Gasteiger partial charge in [-0.15, -0.1) is 11.3 Å². The molecular weight excluding hydrogens is 498 g/mol. The van der Waals surface area contributed by atoms with Gasteiger partial charge in [0.2, 0.25) is 10.0 Å². The summed E-state index contributed by atoms with van der Waals surface area (Å²) in [6.45, 7) is -2.11. The van der Waals surface area contributed by atoms with Crippen LogP contribution in [0.15, 0.2) is 34.5 Å². The predicted octanol–water partition coefficient (Wildman–Crippen LogP) is 2.45. The summed E-state index contributed by atoms with van der Waals surface area (Å²) in [5.41, 5.74) is 1.96. The second-order valence-electron chi connectivity index (χ2n) is 9.72. The molecule has 0 radical (unpaired) electrons. The molecule has 13 heteroatoms. The third kappa shape index (κ3) is 4.11. The molecule has 0 aromatic carbocycles. The fourth-order valence-corrected chi connectivity index (χ4v) is 9.20. The van der Waals surface area contributed by atoms with Gasteiger partial charge in [0.05, 0.1) is 23.6 Å². The van der Waals surface area contributed by atoms with E-state index in [0.29, 0.717) is 47.6 Å². The van der Waals surface area contributed by atoms with Gasteiger partial charge >= 0.3 is 6.55 Å². The lowest BCUT2D eigenvalue weighted by molar-refractivity contribution is 0.0564. The SMILES string of the molecule is O=S(=O)(NC1CC2=C(c3ccn(C(F)F)n3)CN=C(c3nccs3)N2C1)C1C2CCC1CC(O)C2. The smallest absolute Gasteiger partial charge is 0.333 e. The molecule has 2 aliphatic carbocycles. The van der Waals surface area contributed by atoms with Gasteiger partial charge in [-0.25, -0.2) is 22.8 Å². The molecule has 2 N–H and O–H groups in total. The van der Waals surface area contributed by atoms with Crippen molar-refractivity contribution in [3.8, 4) is 0 Å². The molecule has 6 rings (SSSR count). The van der Waals surface area contributed by atoms with Gasteiger partial charge in [-0.2, -0.15) is 13.9 Å². The van der Waals surface area contributed by atoms with E-state index < -0.39 is 34.0 Å². The Balaban J connectivity index is 1.29. The second-order valence-corrected chi connectivity index (χ2v) is 12.5. The van der Waals surface area contributed by atoms with Gasteiger partial charge < -0.3 is 10.0 Å². The quantitative estimate of drug-likeness (QED) is 0.600. The molecule has 3 fully saturated rings. The molecule has 2 aromatic heterocycles. The Labute approximate surface area is 205 Å². The van der Waals surface area contributed by atoms with Gasteiger partial charge in [-0.1, -0.05) is 0 Å². The number of nitrogens with one attached hydrogen (secondary N) is 1. The third-order valence-electron chi connectivity index (χ3n) is 7.58. The van der Waals surface area contributed by atoms with E-state index in [0.717, 1.165) is 23.5 Å². The molecule has 2 aliphatic heterocycles. The summed E-state index contributed by atoms with van der Waals surface area (Å²) >= 11 is 1.44. The minimum absolute atomic E-state index is 0.0224. The summed E-state index contributed by atoms with van der Waals surface area (Å²) in [5, 5.41) is 16.2. The maximum Gasteiger partial charge on any atom is 0.333 e. The molecular formula is C22H26F2N6O3S2. The van der Waals surface area contributed by atoms with Crippen molar-refractivity contribution in [2.24, 2.45) is 16.8 Å². The lowest BCUT2D eigenvalue weighted by Crippen LogP contribution is -2.48. The molecule has 188 valence electrons. The minimum atomic E-state index is -3.61. The number of aliphatic hydroxyl groups is 1. The number of aromatic nitrogens is 3. The van der Waals surface area contributed by atoms with Crippen molar-refractivity contribution in [2.75, 3.05) is 13.1 Å². The van der Waals surface area contributed by atoms with Crippen LogP contribution in [0.25, 0.3) is 5.57 Å². The topological polar surface area (TPSA) is 113 Å². The normalized spacial score (nSPS) is 30.8. The van der Waals surface area contributed by atoms with Crippen molar-refractivity contribution < 1.29 is 22.3 Å². The molecule has 2 bridgehead atoms. The van der Waals surface area contributed by atoms with Crippen LogP contribution in [0.5, 0.6) is 0 Å². The number of fused-ring (bicyclic) bond motifs is 3. The van der Waals surface area contributed by atoms with E-state index >= 15 is 0 Å². The Morgan fingerprint density at radius 3 is 2.66 bits per heavy atom. The number of rotatable bonds is 6. The largest absolute Gasteiger partial charge is 0.393 e. The highest BCUT2D eigenvalue weighted by molar-refractivity contribution is 7.90. The summed E-state index contributed by atoms with van der Waals surface area (Å²) in [4.78, 5) is 11.0. The van der Waals surface area contributed by atoms with Crippen molar-refractivity contribution in [3.63, 3.8) is 0 Å². The first-order valence-corrected chi connectivity index (χ1v) is 14.2. The number of sulfonamides is 1. The maximum atomic E-state index is 13.5. The average Bonchev–Trinajstić information content (AvgIpc) is 3.59. The summed E-state index contributed by atoms with van der Waals surface area (Å²) < 4.78 is 56.8. The molecule has 0 amide bonds. The molecule has 0 spiro atoms. The Kier molecular flexibility index (Phi) is 5.78. The fraction of sp³-hybridized carbons (Fsp3) is 0.591. The molecule has 35 heavy (non-hydrogen) atoms. The maximum absolute atomic E-state index is 13.5. The molecule has 2 aromatic rings. The van der Waals surface area contributed by atoms with Crippen LogP contribution in [0.2, 0.25) is 0 Å². The lowest BCUT2D eigenvalue weighted by Gasteiger charge is -2.33. The number of nitrogens with zero attached hydrogens (tertiary/aromatic N) is 5. The first-order chi connectivity index (χ1) is 16.8. The number of aliphatic hydroxyl groups excluding tert-OH is 1. The predicted molar refractivity (Wildman–Crippen MR) is 126 cm³/mol. The van der Waals surface area contributed by atoms with Gasteiger partial charge in [-0.05, 0) is 43.6 Å². The summed E-state index contributed by atoms with van der Waals surface area (Å²) in [6.07, 6.45) is 5.63. The third-order valence-corrected chi connectivity index (χ3v) is 10.5. The number of hydrogen-bond acceptors (Lipinski definition) is 8. The second kappa shape index (κ2) is 8.71. The highest BCUT2D eigenvalue weighted by Gasteiger charge is 2.50. The highest BCUT2D eigenvalue weighted by Crippen LogP contribution is 2.46. The number of thiazole rings is 1. The highest BCUT2D eigenvalue weighted by atomic mass is 32.2. The van der Waals surface area contributed by atoms with E-state index in [-0.39, 0.29) is 18.4 Å². The van der Waals surface area contributed by atoms with Crippen molar-refractivity contribution in [1.82, 2.24) is 24.4 Å². The van der Waals surface area contributed by atoms with E-state index in [1.165, 1.54) is 17.5 Å². The first kappa shape index (κ1) is 23.2. The molecule has 1 saturated heterocycles. The van der Waals surface area contributed by atoms with Crippen LogP contribution in [0.1, 0.15) is 49.4 Å². The van der Waals surface area contributed by atoms with Gasteiger partial charge in [-0.3, -0.25) is 4.99 Å². The van der Waals surface area contributed by atoms with Crippen LogP contribution in [-0.2, 0) is 10.0 Å². The van der Waals surface area contributed by atoms with Gasteiger partial charge in [0.25, 0.3) is 0 Å². The summed E-state index contributed by atoms with van der Waals surface area (Å²) in [5.74, 6) is 0.617. The molecule has 4 aliphatic rings. The van der Waals surface area contributed by atoms with Crippen molar-refractivity contribution in [2.45, 2.75) is 56.0 Å². The number of alkyl halides is 2. The number of aliphatic imine (C=N–C) groups is 1. The Hall–Kier alpha value is -2.22. The number of amidine groups is 1. The van der Waals surface area contributed by atoms with Crippen LogP contribution >= 0.6 is 11.3 Å². The molecule has 3 atom stereocenters. The lowest BCUT2D eigenvalue weighted by atomic mass is 9.86. The van der Waals surface area contributed by atoms with Crippen LogP contribution in [0, 0.1) is 11.8 Å². The Morgan fingerprint density at radius 1 is 1.23 bits per heavy atom. The molecule has 9 nitrogen and oxygen atoms in total. The number of hydrogen-bond donors (Lipinski definition) is 2. The minimum Gasteiger partial charge on any atom is -0.393 e. The van der Waals surface area contributed by atoms with Crippen molar-refractivity contribution in [1.29, 1.82) is 0 Å². The van der Waals surface area contributed by atoms with Gasteiger partial charge in [0.1, 0.15) is 0 Å². The fourth-order valence-electron chi connectivity index (χ4n) is 6.26. The van der Waals surface area contributed by atoms with E-state index in [4.69, 9.17) is 0 Å². The summed E-state index contributed by atoms with van der Waals surface area (Å²) in [7, 11) is -3.61. The van der Waals surface area contributed by atoms with Crippen LogP contribution in [-0.4, -0.2) is 69.5 Å². The van der Waals surface area contributed by atoms with E-state index in [1.54, 1.807) is 12.3 Å². The average molecular weight is 525 g/mol. The van der Waals surface area contributed by atoms with E-state index in [2.05, 4.69) is 19.8 Å². The molecule has 3 unspecified atom stereocenters. The first-order valence-electron chi connectivity index (χ1n) is 11.8. The Bertz CT molecular complexity index is 1260. The van der Waals surface area contributed by atoms with Crippen molar-refractivity contribution >= 4 is 32.8 Å². The zero-order valence-corrected chi connectivity index (χ0v) is 20.4. The van der Waals surface area contributed by atoms with Crippen molar-refractivity contribution in [3.05, 3.63) is 40.2 Å². The number of halogens is 2. The van der Waals surface area contributed by atoms with E-state index in [1.807, 2.05) is 10.3 Å². The van der Waals surface area contributed by atoms with E-state index in [9.17, 15) is 22.3 Å². The van der Waals surface area contributed by atoms with Crippen LogP contribution < -0.4 is 4.72 Å². The Morgan fingerprint density at radius 2 is 2.00 bits per heavy atom. The molecule has 4 heterocycles. The van der Waals surface area contributed by atoms with Gasteiger partial charge in [0.15, 0.2) is 10.8 Å². The van der Waals surface area contributed by atoms with Crippen LogP contribution in [0.3, 0.4) is 0 Å². The molecule has 2 saturated carbocycles. The monoisotopic (exact) mass is 524 g/mol. The standard InChI is InChI=1S/C22H26F2N6O3S2/c23-22(24)30-5-3-17(27-30)16-10-26-20(21-25-4-6-34-21)29-11-14(9-18(16)29)28-35(32,33)19-12-1-2-13(19)8-15(31)7-12/h3-6,12-15,19,22,28,31H,1-2,7-11H2. The summed E-state index contributed by atoms with van der Waals surface area (Å²) in [6, 6.07) is 1.15. The zero-order valence-electron chi connectivity index (χ0n) is 18.8. The van der Waals surface area contributed by atoms with Gasteiger partial charge in [0, 0.05) is 48.1 Å². The van der Waals surface area contributed by atoms with Crippen LogP contribution in [0.4, 0.5) is 8.78 Å².